The van der Waals surface area contributed by atoms with Crippen LogP contribution in [0.3, 0.4) is 0 Å². The van der Waals surface area contributed by atoms with Gasteiger partial charge in [-0.1, -0.05) is 13.8 Å². The topological polar surface area (TPSA) is 160 Å². The summed E-state index contributed by atoms with van der Waals surface area (Å²) >= 11 is 0. The van der Waals surface area contributed by atoms with Gasteiger partial charge >= 0.3 is 17.9 Å². The molecule has 4 fully saturated rings. The van der Waals surface area contributed by atoms with E-state index >= 15 is 0 Å². The SMILES string of the molecule is CC(C)(C1CCC(OOCC2CC(O)CCC2C(=O)O)CC1)C1CCC(OC(=O)C2CC(O)CCC2C(=O)O)CC1. The molecule has 41 heavy (non-hydrogen) atoms. The molecule has 6 atom stereocenters. The Labute approximate surface area is 243 Å². The minimum Gasteiger partial charge on any atom is -0.481 e. The Hall–Kier alpha value is -1.75. The molecule has 0 aliphatic heterocycles. The van der Waals surface area contributed by atoms with Crippen LogP contribution in [0.5, 0.6) is 0 Å². The summed E-state index contributed by atoms with van der Waals surface area (Å²) < 4.78 is 5.80. The molecule has 0 aromatic carbocycles. The van der Waals surface area contributed by atoms with Gasteiger partial charge in [0.2, 0.25) is 0 Å². The first kappa shape index (κ1) is 32.2. The molecule has 0 amide bonds. The van der Waals surface area contributed by atoms with Crippen LogP contribution in [-0.2, 0) is 28.9 Å². The van der Waals surface area contributed by atoms with Crippen molar-refractivity contribution in [2.24, 2.45) is 40.9 Å². The van der Waals surface area contributed by atoms with E-state index < -0.39 is 47.9 Å². The summed E-state index contributed by atoms with van der Waals surface area (Å²) in [4.78, 5) is 47.3. The first-order chi connectivity index (χ1) is 19.5. The summed E-state index contributed by atoms with van der Waals surface area (Å²) in [6.45, 7) is 4.87. The summed E-state index contributed by atoms with van der Waals surface area (Å²) in [5, 5.41) is 38.9. The van der Waals surface area contributed by atoms with Gasteiger partial charge < -0.3 is 25.2 Å². The molecule has 234 valence electrons. The Morgan fingerprint density at radius 1 is 0.659 bits per heavy atom. The van der Waals surface area contributed by atoms with E-state index in [4.69, 9.17) is 14.5 Å². The highest BCUT2D eigenvalue weighted by Crippen LogP contribution is 2.49. The third-order valence-corrected chi connectivity index (χ3v) is 10.9. The largest absolute Gasteiger partial charge is 0.481 e. The minimum atomic E-state index is -0.994. The van der Waals surface area contributed by atoms with Gasteiger partial charge in [-0.25, -0.2) is 9.78 Å². The molecule has 0 aromatic rings. The van der Waals surface area contributed by atoms with Crippen molar-refractivity contribution in [3.63, 3.8) is 0 Å². The van der Waals surface area contributed by atoms with Gasteiger partial charge in [-0.3, -0.25) is 14.4 Å². The van der Waals surface area contributed by atoms with Gasteiger partial charge in [-0.2, -0.15) is 0 Å². The first-order valence-corrected chi connectivity index (χ1v) is 15.8. The number of hydrogen-bond donors (Lipinski definition) is 4. The molecule has 0 radical (unpaired) electrons. The van der Waals surface area contributed by atoms with Crippen molar-refractivity contribution in [2.75, 3.05) is 6.61 Å². The predicted octanol–water partition coefficient (Wildman–Crippen LogP) is 4.35. The molecule has 4 saturated carbocycles. The molecule has 4 aliphatic rings. The normalized spacial score (nSPS) is 38.6. The molecule has 10 nitrogen and oxygen atoms in total. The number of carboxylic acids is 2. The van der Waals surface area contributed by atoms with Crippen molar-refractivity contribution >= 4 is 17.9 Å². The average Bonchev–Trinajstić information content (AvgIpc) is 2.93. The number of aliphatic hydroxyl groups is 2. The van der Waals surface area contributed by atoms with Crippen LogP contribution < -0.4 is 0 Å². The maximum atomic E-state index is 12.9. The number of esters is 1. The van der Waals surface area contributed by atoms with Crippen molar-refractivity contribution in [3.05, 3.63) is 0 Å². The zero-order valence-corrected chi connectivity index (χ0v) is 24.6. The number of carbonyl (C=O) groups excluding carboxylic acids is 1. The van der Waals surface area contributed by atoms with Crippen molar-refractivity contribution in [1.82, 2.24) is 0 Å². The van der Waals surface area contributed by atoms with Gasteiger partial charge in [0.05, 0.1) is 42.7 Å². The van der Waals surface area contributed by atoms with E-state index in [9.17, 15) is 34.8 Å². The number of aliphatic carboxylic acids is 2. The fourth-order valence-corrected chi connectivity index (χ4v) is 8.09. The minimum absolute atomic E-state index is 0.0121. The van der Waals surface area contributed by atoms with Gasteiger partial charge in [0.25, 0.3) is 0 Å². The highest BCUT2D eigenvalue weighted by Gasteiger charge is 2.44. The van der Waals surface area contributed by atoms with Crippen molar-refractivity contribution in [1.29, 1.82) is 0 Å². The van der Waals surface area contributed by atoms with Crippen molar-refractivity contribution in [3.8, 4) is 0 Å². The second-order valence-electron chi connectivity index (χ2n) is 13.8. The van der Waals surface area contributed by atoms with Gasteiger partial charge in [0.1, 0.15) is 6.10 Å². The Bertz CT molecular complexity index is 889. The highest BCUT2D eigenvalue weighted by molar-refractivity contribution is 5.81. The maximum absolute atomic E-state index is 12.9. The Balaban J connectivity index is 1.18. The first-order valence-electron chi connectivity index (χ1n) is 15.8. The third kappa shape index (κ3) is 8.21. The Morgan fingerprint density at radius 2 is 1.17 bits per heavy atom. The van der Waals surface area contributed by atoms with E-state index in [1.807, 2.05) is 0 Å². The van der Waals surface area contributed by atoms with Crippen LogP contribution >= 0.6 is 0 Å². The van der Waals surface area contributed by atoms with Crippen LogP contribution in [-0.4, -0.2) is 69.4 Å². The smallest absolute Gasteiger partial charge is 0.310 e. The van der Waals surface area contributed by atoms with Crippen molar-refractivity contribution in [2.45, 2.75) is 128 Å². The molecule has 0 bridgehead atoms. The molecule has 4 N–H and O–H groups in total. The lowest BCUT2D eigenvalue weighted by Gasteiger charge is -2.46. The molecule has 4 rings (SSSR count). The van der Waals surface area contributed by atoms with E-state index in [2.05, 4.69) is 13.8 Å². The lowest BCUT2D eigenvalue weighted by atomic mass is 9.60. The van der Waals surface area contributed by atoms with Gasteiger partial charge in [0.15, 0.2) is 0 Å². The van der Waals surface area contributed by atoms with Gasteiger partial charge in [0, 0.05) is 5.92 Å². The van der Waals surface area contributed by atoms with Gasteiger partial charge in [-0.05, 0) is 107 Å². The highest BCUT2D eigenvalue weighted by atomic mass is 17.2. The van der Waals surface area contributed by atoms with E-state index in [1.54, 1.807) is 0 Å². The fraction of sp³-hybridized carbons (Fsp3) is 0.903. The Morgan fingerprint density at radius 3 is 1.73 bits per heavy atom. The quantitative estimate of drug-likeness (QED) is 0.166. The molecule has 0 spiro atoms. The summed E-state index contributed by atoms with van der Waals surface area (Å²) in [6.07, 6.45) is 8.19. The Kier molecular flexibility index (Phi) is 11.1. The van der Waals surface area contributed by atoms with Crippen LogP contribution in [0.15, 0.2) is 0 Å². The summed E-state index contributed by atoms with van der Waals surface area (Å²) in [5.74, 6) is -3.57. The number of hydrogen-bond acceptors (Lipinski definition) is 8. The molecular formula is C31H50O10. The summed E-state index contributed by atoms with van der Waals surface area (Å²) in [7, 11) is 0. The lowest BCUT2D eigenvalue weighted by Crippen LogP contribution is -2.41. The molecular weight excluding hydrogens is 532 g/mol. The van der Waals surface area contributed by atoms with Crippen LogP contribution in [0.4, 0.5) is 0 Å². The predicted molar refractivity (Wildman–Crippen MR) is 147 cm³/mol. The second kappa shape index (κ2) is 14.1. The van der Waals surface area contributed by atoms with Gasteiger partial charge in [-0.15, -0.1) is 0 Å². The third-order valence-electron chi connectivity index (χ3n) is 10.9. The van der Waals surface area contributed by atoms with E-state index in [1.165, 1.54) is 0 Å². The lowest BCUT2D eigenvalue weighted by molar-refractivity contribution is -0.338. The number of carboxylic acid groups (broad SMARTS) is 2. The fourth-order valence-electron chi connectivity index (χ4n) is 8.09. The van der Waals surface area contributed by atoms with Crippen molar-refractivity contribution < 1.29 is 49.3 Å². The van der Waals surface area contributed by atoms with E-state index in [-0.39, 0.29) is 36.6 Å². The molecule has 4 aliphatic carbocycles. The van der Waals surface area contributed by atoms with Crippen LogP contribution in [0, 0.1) is 40.9 Å². The molecule has 0 saturated heterocycles. The van der Waals surface area contributed by atoms with Crippen LogP contribution in [0.1, 0.15) is 104 Å². The molecule has 0 aromatic heterocycles. The average molecular weight is 583 g/mol. The number of aliphatic hydroxyl groups excluding tert-OH is 2. The second-order valence-corrected chi connectivity index (χ2v) is 13.8. The number of ether oxygens (including phenoxy) is 1. The zero-order valence-electron chi connectivity index (χ0n) is 24.6. The maximum Gasteiger partial charge on any atom is 0.310 e. The van der Waals surface area contributed by atoms with Crippen LogP contribution in [0.2, 0.25) is 0 Å². The number of rotatable bonds is 10. The standard InChI is InChI=1S/C31H50O10/c1-31(2,19-3-9-23(10-4-19)40-30(38)27-16-22(33)8-14-26(27)29(36)37)20-5-11-24(12-6-20)41-39-17-18-15-21(32)7-13-25(18)28(34)35/h18-27,32-33H,3-17H2,1-2H3,(H,34,35)(H,36,37). The summed E-state index contributed by atoms with van der Waals surface area (Å²) in [6, 6.07) is 0. The molecule has 6 unspecified atom stereocenters. The van der Waals surface area contributed by atoms with E-state index in [0.29, 0.717) is 43.9 Å². The number of carbonyl (C=O) groups is 3. The van der Waals surface area contributed by atoms with E-state index in [0.717, 1.165) is 51.4 Å². The van der Waals surface area contributed by atoms with Crippen LogP contribution in [0.25, 0.3) is 0 Å². The molecule has 10 heteroatoms. The zero-order chi connectivity index (χ0) is 29.7. The summed E-state index contributed by atoms with van der Waals surface area (Å²) in [5.41, 5.74) is 0.121. The monoisotopic (exact) mass is 582 g/mol. The molecule has 0 heterocycles.